The maximum Gasteiger partial charge on any atom is 0.148 e. The molecule has 0 spiro atoms. The van der Waals surface area contributed by atoms with Crippen molar-refractivity contribution in [2.45, 2.75) is 37.5 Å². The minimum Gasteiger partial charge on any atom is -0.302 e. The van der Waals surface area contributed by atoms with E-state index in [4.69, 9.17) is 0 Å². The first-order chi connectivity index (χ1) is 7.42. The maximum absolute atomic E-state index is 11.1. The van der Waals surface area contributed by atoms with Crippen LogP contribution in [0.4, 0.5) is 0 Å². The monoisotopic (exact) mass is 265 g/mol. The average molecular weight is 265 g/mol. The minimum absolute atomic E-state index is 0.283. The zero-order valence-corrected chi connectivity index (χ0v) is 12.1. The SMILES string of the molecule is CCS[C@H]1CC[C@@H](N(C)CCS(C)(=O)=O)C1. The van der Waals surface area contributed by atoms with Crippen LogP contribution in [0, 0.1) is 0 Å². The lowest BCUT2D eigenvalue weighted by Gasteiger charge is -2.23. The fourth-order valence-electron chi connectivity index (χ4n) is 2.20. The van der Waals surface area contributed by atoms with Crippen LogP contribution in [0.5, 0.6) is 0 Å². The zero-order chi connectivity index (χ0) is 12.2. The number of nitrogens with zero attached hydrogens (tertiary/aromatic N) is 1. The normalized spacial score (nSPS) is 26.5. The van der Waals surface area contributed by atoms with Crippen LogP contribution < -0.4 is 0 Å². The minimum atomic E-state index is -2.82. The highest BCUT2D eigenvalue weighted by Crippen LogP contribution is 2.31. The second kappa shape index (κ2) is 6.26. The Morgan fingerprint density at radius 2 is 2.06 bits per heavy atom. The molecule has 0 saturated heterocycles. The highest BCUT2D eigenvalue weighted by atomic mass is 32.2. The fraction of sp³-hybridized carbons (Fsp3) is 1.00. The van der Waals surface area contributed by atoms with Crippen LogP contribution in [0.2, 0.25) is 0 Å². The van der Waals surface area contributed by atoms with Crippen molar-refractivity contribution >= 4 is 21.6 Å². The van der Waals surface area contributed by atoms with Crippen molar-refractivity contribution in [3.8, 4) is 0 Å². The molecule has 0 amide bonds. The number of rotatable bonds is 6. The molecule has 0 unspecified atom stereocenters. The molecule has 1 saturated carbocycles. The summed E-state index contributed by atoms with van der Waals surface area (Å²) in [5, 5.41) is 0.788. The summed E-state index contributed by atoms with van der Waals surface area (Å²) in [5.41, 5.74) is 0. The topological polar surface area (TPSA) is 37.4 Å². The molecule has 2 atom stereocenters. The Balaban J connectivity index is 2.30. The Morgan fingerprint density at radius 1 is 1.38 bits per heavy atom. The first kappa shape index (κ1) is 14.3. The van der Waals surface area contributed by atoms with E-state index < -0.39 is 9.84 Å². The molecule has 0 aliphatic heterocycles. The molecule has 1 aliphatic carbocycles. The third-order valence-corrected chi connectivity index (χ3v) is 5.35. The summed E-state index contributed by atoms with van der Waals surface area (Å²) < 4.78 is 22.2. The first-order valence-electron chi connectivity index (χ1n) is 5.92. The molecular formula is C11H23NO2S2. The van der Waals surface area contributed by atoms with E-state index in [1.807, 2.05) is 11.8 Å². The third kappa shape index (κ3) is 5.06. The van der Waals surface area contributed by atoms with Gasteiger partial charge in [-0.2, -0.15) is 11.8 Å². The molecule has 0 aromatic heterocycles. The van der Waals surface area contributed by atoms with Gasteiger partial charge in [-0.3, -0.25) is 0 Å². The van der Waals surface area contributed by atoms with E-state index in [2.05, 4.69) is 18.9 Å². The second-order valence-electron chi connectivity index (χ2n) is 4.65. The Morgan fingerprint density at radius 3 is 2.62 bits per heavy atom. The van der Waals surface area contributed by atoms with E-state index in [0.29, 0.717) is 12.6 Å². The summed E-state index contributed by atoms with van der Waals surface area (Å²) in [7, 11) is -0.769. The summed E-state index contributed by atoms with van der Waals surface area (Å²) >= 11 is 2.04. The molecule has 3 nitrogen and oxygen atoms in total. The lowest BCUT2D eigenvalue weighted by Crippen LogP contribution is -2.33. The van der Waals surface area contributed by atoms with Crippen LogP contribution in [-0.2, 0) is 9.84 Å². The standard InChI is InChI=1S/C11H23NO2S2/c1-4-15-11-6-5-10(9-11)12(2)7-8-16(3,13)14/h10-11H,4-9H2,1-3H3/t10-,11+/m1/s1. The van der Waals surface area contributed by atoms with Gasteiger partial charge in [-0.15, -0.1) is 0 Å². The predicted octanol–water partition coefficient (Wildman–Crippen LogP) is 1.64. The van der Waals surface area contributed by atoms with Crippen molar-refractivity contribution in [3.05, 3.63) is 0 Å². The number of hydrogen-bond acceptors (Lipinski definition) is 4. The molecule has 0 aromatic carbocycles. The largest absolute Gasteiger partial charge is 0.302 e. The van der Waals surface area contributed by atoms with E-state index in [1.165, 1.54) is 31.3 Å². The third-order valence-electron chi connectivity index (χ3n) is 3.20. The van der Waals surface area contributed by atoms with Crippen molar-refractivity contribution < 1.29 is 8.42 Å². The number of hydrogen-bond donors (Lipinski definition) is 0. The van der Waals surface area contributed by atoms with Gasteiger partial charge in [-0.05, 0) is 32.1 Å². The van der Waals surface area contributed by atoms with Gasteiger partial charge in [0.15, 0.2) is 0 Å². The van der Waals surface area contributed by atoms with Crippen molar-refractivity contribution in [1.29, 1.82) is 0 Å². The van der Waals surface area contributed by atoms with Gasteiger partial charge in [0.25, 0.3) is 0 Å². The highest BCUT2D eigenvalue weighted by molar-refractivity contribution is 7.99. The van der Waals surface area contributed by atoms with Crippen molar-refractivity contribution in [2.75, 3.05) is 31.4 Å². The molecule has 1 aliphatic rings. The van der Waals surface area contributed by atoms with Crippen LogP contribution in [0.25, 0.3) is 0 Å². The molecule has 0 radical (unpaired) electrons. The van der Waals surface area contributed by atoms with Crippen LogP contribution in [0.15, 0.2) is 0 Å². The van der Waals surface area contributed by atoms with Gasteiger partial charge in [0, 0.05) is 24.1 Å². The summed E-state index contributed by atoms with van der Waals surface area (Å²) in [4.78, 5) is 2.22. The van der Waals surface area contributed by atoms with Gasteiger partial charge in [-0.25, -0.2) is 8.42 Å². The molecule has 96 valence electrons. The van der Waals surface area contributed by atoms with Crippen molar-refractivity contribution in [2.24, 2.45) is 0 Å². The first-order valence-corrected chi connectivity index (χ1v) is 9.03. The lowest BCUT2D eigenvalue weighted by molar-refractivity contribution is 0.259. The van der Waals surface area contributed by atoms with Gasteiger partial charge < -0.3 is 4.90 Å². The predicted molar refractivity (Wildman–Crippen MR) is 71.9 cm³/mol. The molecule has 0 bridgehead atoms. The molecule has 1 rings (SSSR count). The van der Waals surface area contributed by atoms with Gasteiger partial charge in [0.2, 0.25) is 0 Å². The second-order valence-corrected chi connectivity index (χ2v) is 8.49. The quantitative estimate of drug-likeness (QED) is 0.731. The van der Waals surface area contributed by atoms with E-state index in [0.717, 1.165) is 5.25 Å². The lowest BCUT2D eigenvalue weighted by atomic mass is 10.2. The van der Waals surface area contributed by atoms with Crippen LogP contribution in [0.1, 0.15) is 26.2 Å². The Kier molecular flexibility index (Phi) is 5.61. The van der Waals surface area contributed by atoms with Gasteiger partial charge >= 0.3 is 0 Å². The van der Waals surface area contributed by atoms with Crippen molar-refractivity contribution in [1.82, 2.24) is 4.90 Å². The van der Waals surface area contributed by atoms with E-state index in [-0.39, 0.29) is 5.75 Å². The average Bonchev–Trinajstić information content (AvgIpc) is 2.62. The van der Waals surface area contributed by atoms with Crippen LogP contribution >= 0.6 is 11.8 Å². The molecule has 0 aromatic rings. The van der Waals surface area contributed by atoms with Crippen LogP contribution in [0.3, 0.4) is 0 Å². The molecule has 0 N–H and O–H groups in total. The Labute approximate surface area is 104 Å². The van der Waals surface area contributed by atoms with Gasteiger partial charge in [0.05, 0.1) is 5.75 Å². The summed E-state index contributed by atoms with van der Waals surface area (Å²) in [6.07, 6.45) is 5.04. The smallest absolute Gasteiger partial charge is 0.148 e. The number of sulfone groups is 1. The fourth-order valence-corrected chi connectivity index (χ4v) is 3.95. The molecule has 5 heteroatoms. The summed E-state index contributed by atoms with van der Waals surface area (Å²) in [5.74, 6) is 1.47. The molecule has 1 fully saturated rings. The summed E-state index contributed by atoms with van der Waals surface area (Å²) in [6.45, 7) is 2.87. The Bertz CT molecular complexity index is 303. The van der Waals surface area contributed by atoms with E-state index in [9.17, 15) is 8.42 Å². The van der Waals surface area contributed by atoms with Gasteiger partial charge in [-0.1, -0.05) is 6.92 Å². The summed E-state index contributed by atoms with van der Waals surface area (Å²) in [6, 6.07) is 0.589. The van der Waals surface area contributed by atoms with Gasteiger partial charge in [0.1, 0.15) is 9.84 Å². The molecule has 0 heterocycles. The van der Waals surface area contributed by atoms with Crippen molar-refractivity contribution in [3.63, 3.8) is 0 Å². The maximum atomic E-state index is 11.1. The van der Waals surface area contributed by atoms with E-state index >= 15 is 0 Å². The molecular weight excluding hydrogens is 242 g/mol. The van der Waals surface area contributed by atoms with E-state index in [1.54, 1.807) is 0 Å². The zero-order valence-electron chi connectivity index (χ0n) is 10.5. The molecule has 16 heavy (non-hydrogen) atoms. The highest BCUT2D eigenvalue weighted by Gasteiger charge is 2.27. The number of thioether (sulfide) groups is 1. The Hall–Kier alpha value is 0.260. The van der Waals surface area contributed by atoms with Crippen LogP contribution in [-0.4, -0.2) is 56.0 Å².